The van der Waals surface area contributed by atoms with Crippen molar-refractivity contribution < 1.29 is 9.59 Å². The molecule has 25 heavy (non-hydrogen) atoms. The molecule has 1 atom stereocenters. The van der Waals surface area contributed by atoms with Crippen LogP contribution in [0.25, 0.3) is 0 Å². The van der Waals surface area contributed by atoms with Gasteiger partial charge in [-0.2, -0.15) is 0 Å². The lowest BCUT2D eigenvalue weighted by molar-refractivity contribution is -0.142. The molecule has 0 radical (unpaired) electrons. The first-order valence-corrected chi connectivity index (χ1v) is 9.52. The summed E-state index contributed by atoms with van der Waals surface area (Å²) in [7, 11) is 0. The number of fused-ring (bicyclic) bond motifs is 1. The topological polar surface area (TPSA) is 80.1 Å². The lowest BCUT2D eigenvalue weighted by atomic mass is 10.0. The van der Waals surface area contributed by atoms with Crippen molar-refractivity contribution >= 4 is 11.8 Å². The van der Waals surface area contributed by atoms with E-state index in [1.165, 1.54) is 25.7 Å². The number of aromatic nitrogens is 3. The Balaban J connectivity index is 1.63. The SMILES string of the molecule is CC(C)C[C@H]1C(=O)N(CC(=O)NC2CCCCCC2)Cc2cnnn21. The van der Waals surface area contributed by atoms with Gasteiger partial charge in [-0.15, -0.1) is 5.10 Å². The highest BCUT2D eigenvalue weighted by Gasteiger charge is 2.35. The predicted octanol–water partition coefficient (Wildman–Crippen LogP) is 2.05. The van der Waals surface area contributed by atoms with Crippen molar-refractivity contribution in [1.29, 1.82) is 0 Å². The molecule has 0 spiro atoms. The summed E-state index contributed by atoms with van der Waals surface area (Å²) in [6, 6.07) is -0.0921. The fourth-order valence-electron chi connectivity index (χ4n) is 3.88. The Morgan fingerprint density at radius 2 is 2.00 bits per heavy atom. The number of carbonyl (C=O) groups is 2. The second kappa shape index (κ2) is 7.97. The molecular formula is C18H29N5O2. The molecule has 0 bridgehead atoms. The monoisotopic (exact) mass is 347 g/mol. The van der Waals surface area contributed by atoms with E-state index >= 15 is 0 Å². The molecule has 1 fully saturated rings. The summed E-state index contributed by atoms with van der Waals surface area (Å²) in [5.41, 5.74) is 0.896. The molecule has 7 nitrogen and oxygen atoms in total. The van der Waals surface area contributed by atoms with Gasteiger partial charge in [0.1, 0.15) is 12.6 Å². The quantitative estimate of drug-likeness (QED) is 0.827. The maximum absolute atomic E-state index is 12.9. The first-order valence-electron chi connectivity index (χ1n) is 9.52. The largest absolute Gasteiger partial charge is 0.352 e. The van der Waals surface area contributed by atoms with Crippen molar-refractivity contribution in [3.05, 3.63) is 11.9 Å². The van der Waals surface area contributed by atoms with Gasteiger partial charge in [-0.25, -0.2) is 4.68 Å². The lowest BCUT2D eigenvalue weighted by Crippen LogP contribution is -2.49. The second-order valence-corrected chi connectivity index (χ2v) is 7.77. The third kappa shape index (κ3) is 4.38. The van der Waals surface area contributed by atoms with Crippen molar-refractivity contribution in [1.82, 2.24) is 25.2 Å². The van der Waals surface area contributed by atoms with Crippen molar-refractivity contribution in [2.24, 2.45) is 5.92 Å². The van der Waals surface area contributed by atoms with Gasteiger partial charge in [0.2, 0.25) is 11.8 Å². The zero-order valence-corrected chi connectivity index (χ0v) is 15.3. The summed E-state index contributed by atoms with van der Waals surface area (Å²) in [6.07, 6.45) is 9.35. The lowest BCUT2D eigenvalue weighted by Gasteiger charge is -2.33. The van der Waals surface area contributed by atoms with Crippen LogP contribution in [0.5, 0.6) is 0 Å². The highest BCUT2D eigenvalue weighted by atomic mass is 16.2. The Kier molecular flexibility index (Phi) is 5.71. The molecule has 1 saturated carbocycles. The zero-order valence-electron chi connectivity index (χ0n) is 15.3. The Bertz CT molecular complexity index is 604. The van der Waals surface area contributed by atoms with Gasteiger partial charge in [-0.3, -0.25) is 9.59 Å². The van der Waals surface area contributed by atoms with Crippen LogP contribution in [0.2, 0.25) is 0 Å². The first-order chi connectivity index (χ1) is 12.0. The van der Waals surface area contributed by atoms with Gasteiger partial charge in [0.25, 0.3) is 0 Å². The number of nitrogens with zero attached hydrogens (tertiary/aromatic N) is 4. The van der Waals surface area contributed by atoms with E-state index in [0.717, 1.165) is 18.5 Å². The van der Waals surface area contributed by atoms with Crippen molar-refractivity contribution in [3.63, 3.8) is 0 Å². The average molecular weight is 347 g/mol. The van der Waals surface area contributed by atoms with E-state index in [-0.39, 0.29) is 30.4 Å². The molecule has 2 amide bonds. The van der Waals surface area contributed by atoms with Crippen LogP contribution in [0, 0.1) is 5.92 Å². The van der Waals surface area contributed by atoms with E-state index in [1.807, 2.05) is 0 Å². The van der Waals surface area contributed by atoms with E-state index in [1.54, 1.807) is 15.8 Å². The molecule has 3 rings (SSSR count). The molecule has 138 valence electrons. The van der Waals surface area contributed by atoms with Gasteiger partial charge in [-0.05, 0) is 25.2 Å². The van der Waals surface area contributed by atoms with Crippen LogP contribution in [0.3, 0.4) is 0 Å². The fraction of sp³-hybridized carbons (Fsp3) is 0.778. The van der Waals surface area contributed by atoms with Crippen LogP contribution in [0.1, 0.15) is 70.5 Å². The minimum atomic E-state index is -0.350. The van der Waals surface area contributed by atoms with Crippen molar-refractivity contribution in [2.45, 2.75) is 77.4 Å². The Morgan fingerprint density at radius 1 is 1.28 bits per heavy atom. The van der Waals surface area contributed by atoms with Gasteiger partial charge in [0.15, 0.2) is 0 Å². The van der Waals surface area contributed by atoms with Gasteiger partial charge in [0, 0.05) is 6.04 Å². The van der Waals surface area contributed by atoms with E-state index in [9.17, 15) is 9.59 Å². The summed E-state index contributed by atoms with van der Waals surface area (Å²) < 4.78 is 1.72. The molecule has 1 aliphatic carbocycles. The summed E-state index contributed by atoms with van der Waals surface area (Å²) >= 11 is 0. The zero-order chi connectivity index (χ0) is 17.8. The van der Waals surface area contributed by atoms with Gasteiger partial charge in [-0.1, -0.05) is 44.7 Å². The van der Waals surface area contributed by atoms with Crippen LogP contribution in [0.15, 0.2) is 6.20 Å². The van der Waals surface area contributed by atoms with E-state index in [4.69, 9.17) is 0 Å². The number of nitrogens with one attached hydrogen (secondary N) is 1. The Hall–Kier alpha value is -1.92. The van der Waals surface area contributed by atoms with Gasteiger partial charge >= 0.3 is 0 Å². The average Bonchev–Trinajstić information content (AvgIpc) is 2.87. The molecule has 2 heterocycles. The third-order valence-corrected chi connectivity index (χ3v) is 5.14. The predicted molar refractivity (Wildman–Crippen MR) is 93.6 cm³/mol. The number of hydrogen-bond acceptors (Lipinski definition) is 4. The van der Waals surface area contributed by atoms with Crippen LogP contribution < -0.4 is 5.32 Å². The molecule has 1 aromatic rings. The highest BCUT2D eigenvalue weighted by Crippen LogP contribution is 2.26. The van der Waals surface area contributed by atoms with E-state index in [2.05, 4.69) is 29.5 Å². The molecule has 0 aromatic carbocycles. The van der Waals surface area contributed by atoms with Crippen LogP contribution in [-0.4, -0.2) is 44.3 Å². The Labute approximate surface area is 149 Å². The highest BCUT2D eigenvalue weighted by molar-refractivity contribution is 5.87. The van der Waals surface area contributed by atoms with Crippen molar-refractivity contribution in [2.75, 3.05) is 6.54 Å². The normalized spacial score (nSPS) is 22.0. The maximum atomic E-state index is 12.9. The van der Waals surface area contributed by atoms with Crippen LogP contribution in [0.4, 0.5) is 0 Å². The molecule has 1 aliphatic heterocycles. The maximum Gasteiger partial charge on any atom is 0.248 e. The van der Waals surface area contributed by atoms with E-state index in [0.29, 0.717) is 18.9 Å². The standard InChI is InChI=1S/C18H29N5O2/c1-13(2)9-16-18(25)22(11-15-10-19-21-23(15)16)12-17(24)20-14-7-5-3-4-6-8-14/h10,13-14,16H,3-9,11-12H2,1-2H3,(H,20,24)/t16-/m0/s1. The molecule has 0 unspecified atom stereocenters. The third-order valence-electron chi connectivity index (χ3n) is 5.14. The van der Waals surface area contributed by atoms with E-state index < -0.39 is 0 Å². The summed E-state index contributed by atoms with van der Waals surface area (Å²) in [4.78, 5) is 27.0. The van der Waals surface area contributed by atoms with Crippen LogP contribution >= 0.6 is 0 Å². The minimum Gasteiger partial charge on any atom is -0.352 e. The summed E-state index contributed by atoms with van der Waals surface area (Å²) in [5, 5.41) is 11.2. The minimum absolute atomic E-state index is 0.0253. The molecule has 0 saturated heterocycles. The van der Waals surface area contributed by atoms with Crippen LogP contribution in [-0.2, 0) is 16.1 Å². The molecule has 2 aliphatic rings. The number of hydrogen-bond donors (Lipinski definition) is 1. The second-order valence-electron chi connectivity index (χ2n) is 7.77. The summed E-state index contributed by atoms with van der Waals surface area (Å²) in [5.74, 6) is 0.290. The summed E-state index contributed by atoms with van der Waals surface area (Å²) in [6.45, 7) is 4.69. The van der Waals surface area contributed by atoms with Crippen molar-refractivity contribution in [3.8, 4) is 0 Å². The first kappa shape index (κ1) is 17.9. The molecule has 1 N–H and O–H groups in total. The van der Waals surface area contributed by atoms with Gasteiger partial charge < -0.3 is 10.2 Å². The Morgan fingerprint density at radius 3 is 2.68 bits per heavy atom. The van der Waals surface area contributed by atoms with Gasteiger partial charge in [0.05, 0.1) is 18.4 Å². The molecule has 1 aromatic heterocycles. The number of amides is 2. The number of rotatable bonds is 5. The fourth-order valence-corrected chi connectivity index (χ4v) is 3.88. The molecular weight excluding hydrogens is 318 g/mol. The smallest absolute Gasteiger partial charge is 0.248 e. The molecule has 7 heteroatoms. The number of carbonyl (C=O) groups excluding carboxylic acids is 2.